The number of rotatable bonds is 5. The molecule has 0 saturated carbocycles. The minimum atomic E-state index is -3.78. The summed E-state index contributed by atoms with van der Waals surface area (Å²) in [4.78, 5) is 10.9. The first-order valence-corrected chi connectivity index (χ1v) is 7.06. The highest BCUT2D eigenvalue weighted by molar-refractivity contribution is 7.89. The molecule has 0 fully saturated rings. The number of sulfonamides is 1. The fraction of sp³-hybridized carbons (Fsp3) is 0.308. The molecule has 5 nitrogen and oxygen atoms in total. The summed E-state index contributed by atoms with van der Waals surface area (Å²) in [5, 5.41) is 8.98. The molecule has 0 heterocycles. The number of carbonyl (C=O) groups is 1. The van der Waals surface area contributed by atoms with Gasteiger partial charge in [-0.1, -0.05) is 6.07 Å². The number of carboxylic acids is 1. The molecule has 1 rings (SSSR count). The zero-order valence-electron chi connectivity index (χ0n) is 10.7. The molecule has 1 aromatic carbocycles. The topological polar surface area (TPSA) is 83.5 Å². The number of terminal acetylenes is 1. The molecule has 19 heavy (non-hydrogen) atoms. The van der Waals surface area contributed by atoms with E-state index in [-0.39, 0.29) is 22.4 Å². The van der Waals surface area contributed by atoms with E-state index in [0.29, 0.717) is 0 Å². The van der Waals surface area contributed by atoms with Crippen LogP contribution in [-0.4, -0.2) is 25.5 Å². The predicted molar refractivity (Wildman–Crippen MR) is 71.4 cm³/mol. The number of carboxylic acid groups (broad SMARTS) is 1. The number of benzene rings is 1. The lowest BCUT2D eigenvalue weighted by Crippen LogP contribution is -2.32. The number of hydrogen-bond acceptors (Lipinski definition) is 3. The first kappa shape index (κ1) is 15.2. The Balaban J connectivity index is 3.20. The molecule has 102 valence electrons. The lowest BCUT2D eigenvalue weighted by Gasteiger charge is -2.14. The van der Waals surface area contributed by atoms with Crippen LogP contribution in [0.2, 0.25) is 0 Å². The third-order valence-corrected chi connectivity index (χ3v) is 4.32. The minimum Gasteiger partial charge on any atom is -0.478 e. The molecule has 0 amide bonds. The molecule has 1 aromatic rings. The van der Waals surface area contributed by atoms with Crippen LogP contribution in [0.4, 0.5) is 0 Å². The molecule has 0 aliphatic rings. The van der Waals surface area contributed by atoms with Gasteiger partial charge in [-0.3, -0.25) is 0 Å². The second kappa shape index (κ2) is 5.87. The van der Waals surface area contributed by atoms with Gasteiger partial charge in [0.25, 0.3) is 0 Å². The minimum absolute atomic E-state index is 0.0347. The van der Waals surface area contributed by atoms with E-state index in [9.17, 15) is 13.2 Å². The van der Waals surface area contributed by atoms with Crippen molar-refractivity contribution in [1.82, 2.24) is 4.72 Å². The Labute approximate surface area is 112 Å². The number of aromatic carboxylic acids is 1. The Morgan fingerprint density at radius 2 is 2.16 bits per heavy atom. The van der Waals surface area contributed by atoms with E-state index in [1.54, 1.807) is 6.92 Å². The van der Waals surface area contributed by atoms with Crippen molar-refractivity contribution in [2.24, 2.45) is 0 Å². The molecule has 0 aromatic heterocycles. The molecular weight excluding hydrogens is 266 g/mol. The first-order chi connectivity index (χ1) is 8.79. The van der Waals surface area contributed by atoms with E-state index in [4.69, 9.17) is 11.5 Å². The van der Waals surface area contributed by atoms with Crippen LogP contribution < -0.4 is 4.72 Å². The second-order valence-corrected chi connectivity index (χ2v) is 5.85. The Kier molecular flexibility index (Phi) is 4.70. The Morgan fingerprint density at radius 3 is 2.68 bits per heavy atom. The third-order valence-electron chi connectivity index (χ3n) is 2.58. The van der Waals surface area contributed by atoms with Crippen molar-refractivity contribution in [2.45, 2.75) is 31.2 Å². The average molecular weight is 281 g/mol. The monoisotopic (exact) mass is 281 g/mol. The molecule has 0 saturated heterocycles. The summed E-state index contributed by atoms with van der Waals surface area (Å²) in [6, 6.07) is 3.72. The van der Waals surface area contributed by atoms with Gasteiger partial charge in [0.1, 0.15) is 0 Å². The summed E-state index contributed by atoms with van der Waals surface area (Å²) < 4.78 is 26.7. The predicted octanol–water partition coefficient (Wildman–Crippen LogP) is 1.38. The van der Waals surface area contributed by atoms with Crippen molar-refractivity contribution in [2.75, 3.05) is 0 Å². The molecule has 2 N–H and O–H groups in total. The van der Waals surface area contributed by atoms with Gasteiger partial charge in [-0.05, 0) is 31.5 Å². The van der Waals surface area contributed by atoms with Crippen LogP contribution in [0.5, 0.6) is 0 Å². The Bertz CT molecular complexity index is 629. The zero-order chi connectivity index (χ0) is 14.6. The van der Waals surface area contributed by atoms with E-state index in [1.807, 2.05) is 0 Å². The maximum atomic E-state index is 12.1. The van der Waals surface area contributed by atoms with Crippen molar-refractivity contribution < 1.29 is 18.3 Å². The lowest BCUT2D eigenvalue weighted by molar-refractivity contribution is 0.0696. The van der Waals surface area contributed by atoms with Gasteiger partial charge in [0.2, 0.25) is 10.0 Å². The van der Waals surface area contributed by atoms with Crippen LogP contribution in [-0.2, 0) is 10.0 Å². The quantitative estimate of drug-likeness (QED) is 0.799. The molecule has 0 bridgehead atoms. The van der Waals surface area contributed by atoms with E-state index >= 15 is 0 Å². The Hall–Kier alpha value is -1.84. The zero-order valence-corrected chi connectivity index (χ0v) is 11.5. The number of nitrogens with one attached hydrogen (secondary N) is 1. The largest absolute Gasteiger partial charge is 0.478 e. The summed E-state index contributed by atoms with van der Waals surface area (Å²) in [6.07, 6.45) is 5.38. The van der Waals surface area contributed by atoms with Crippen LogP contribution in [0, 0.1) is 19.3 Å². The molecular formula is C13H15NO4S. The summed E-state index contributed by atoms with van der Waals surface area (Å²) in [5.74, 6) is 1.20. The molecule has 6 heteroatoms. The second-order valence-electron chi connectivity index (χ2n) is 4.16. The normalized spacial score (nSPS) is 12.7. The van der Waals surface area contributed by atoms with E-state index in [2.05, 4.69) is 10.6 Å². The van der Waals surface area contributed by atoms with Gasteiger partial charge in [0.05, 0.1) is 10.5 Å². The average Bonchev–Trinajstić information content (AvgIpc) is 2.27. The van der Waals surface area contributed by atoms with Crippen molar-refractivity contribution in [3.05, 3.63) is 29.3 Å². The molecule has 1 unspecified atom stereocenters. The van der Waals surface area contributed by atoms with Crippen molar-refractivity contribution >= 4 is 16.0 Å². The van der Waals surface area contributed by atoms with Gasteiger partial charge in [-0.25, -0.2) is 17.9 Å². The number of hydrogen-bond donors (Lipinski definition) is 2. The molecule has 0 aliphatic heterocycles. The van der Waals surface area contributed by atoms with Gasteiger partial charge in [0, 0.05) is 12.5 Å². The molecule has 0 aliphatic carbocycles. The maximum Gasteiger partial charge on any atom is 0.335 e. The summed E-state index contributed by atoms with van der Waals surface area (Å²) >= 11 is 0. The highest BCUT2D eigenvalue weighted by Gasteiger charge is 2.22. The maximum absolute atomic E-state index is 12.1. The fourth-order valence-corrected chi connectivity index (χ4v) is 3.19. The standard InChI is InChI=1S/C13H15NO4S/c1-4-6-9(2)14-19(17,18)12-8-5-7-11(10(12)3)13(15)16/h1,5,7-9,14H,6H2,2-3H3,(H,15,16). The highest BCUT2D eigenvalue weighted by atomic mass is 32.2. The van der Waals surface area contributed by atoms with Gasteiger partial charge in [-0.2, -0.15) is 0 Å². The van der Waals surface area contributed by atoms with Crippen LogP contribution in [0.25, 0.3) is 0 Å². The van der Waals surface area contributed by atoms with Crippen LogP contribution in [0.3, 0.4) is 0 Å². The first-order valence-electron chi connectivity index (χ1n) is 5.58. The Morgan fingerprint density at radius 1 is 1.53 bits per heavy atom. The summed E-state index contributed by atoms with van der Waals surface area (Å²) in [7, 11) is -3.78. The van der Waals surface area contributed by atoms with Gasteiger partial charge in [-0.15, -0.1) is 12.3 Å². The van der Waals surface area contributed by atoms with Crippen LogP contribution in [0.15, 0.2) is 23.1 Å². The van der Waals surface area contributed by atoms with Crippen molar-refractivity contribution in [1.29, 1.82) is 0 Å². The third kappa shape index (κ3) is 3.56. The van der Waals surface area contributed by atoms with E-state index in [1.165, 1.54) is 25.1 Å². The lowest BCUT2D eigenvalue weighted by atomic mass is 10.1. The van der Waals surface area contributed by atoms with Crippen molar-refractivity contribution in [3.8, 4) is 12.3 Å². The summed E-state index contributed by atoms with van der Waals surface area (Å²) in [6.45, 7) is 3.11. The smallest absolute Gasteiger partial charge is 0.335 e. The molecule has 1 atom stereocenters. The highest BCUT2D eigenvalue weighted by Crippen LogP contribution is 2.19. The van der Waals surface area contributed by atoms with E-state index in [0.717, 1.165) is 0 Å². The van der Waals surface area contributed by atoms with E-state index < -0.39 is 22.0 Å². The van der Waals surface area contributed by atoms with Crippen molar-refractivity contribution in [3.63, 3.8) is 0 Å². The van der Waals surface area contributed by atoms with Crippen LogP contribution in [0.1, 0.15) is 29.3 Å². The van der Waals surface area contributed by atoms with Gasteiger partial charge >= 0.3 is 5.97 Å². The molecule has 0 radical (unpaired) electrons. The SMILES string of the molecule is C#CCC(C)NS(=O)(=O)c1cccc(C(=O)O)c1C. The van der Waals surface area contributed by atoms with Gasteiger partial charge in [0.15, 0.2) is 0 Å². The molecule has 0 spiro atoms. The van der Waals surface area contributed by atoms with Gasteiger partial charge < -0.3 is 5.11 Å². The summed E-state index contributed by atoms with van der Waals surface area (Å²) in [5.41, 5.74) is 0.169. The fourth-order valence-electron chi connectivity index (χ4n) is 1.68. The van der Waals surface area contributed by atoms with Crippen LogP contribution >= 0.6 is 0 Å².